The van der Waals surface area contributed by atoms with E-state index in [9.17, 15) is 0 Å². The quantitative estimate of drug-likeness (QED) is 0.291. The van der Waals surface area contributed by atoms with Gasteiger partial charge in [0.25, 0.3) is 0 Å². The van der Waals surface area contributed by atoms with Crippen molar-refractivity contribution in [2.24, 2.45) is 12.5 Å². The number of rotatable bonds is 3. The van der Waals surface area contributed by atoms with Crippen LogP contribution >= 0.6 is 0 Å². The maximum Gasteiger partial charge on any atom is 0.216 e. The smallest absolute Gasteiger partial charge is 0.216 e. The van der Waals surface area contributed by atoms with E-state index in [-0.39, 0.29) is 0 Å². The first-order chi connectivity index (χ1) is 16.1. The van der Waals surface area contributed by atoms with Gasteiger partial charge >= 0.3 is 0 Å². The molecule has 3 heterocycles. The van der Waals surface area contributed by atoms with Gasteiger partial charge in [0.05, 0.1) is 16.8 Å². The van der Waals surface area contributed by atoms with E-state index >= 15 is 0 Å². The van der Waals surface area contributed by atoms with Crippen LogP contribution in [0.25, 0.3) is 44.5 Å². The third-order valence-corrected chi connectivity index (χ3v) is 5.72. The van der Waals surface area contributed by atoms with Crippen molar-refractivity contribution in [2.75, 3.05) is 0 Å². The molecule has 0 saturated heterocycles. The second-order valence-corrected chi connectivity index (χ2v) is 9.45. The van der Waals surface area contributed by atoms with Crippen LogP contribution in [0.5, 0.6) is 0 Å². The fraction of sp³-hybridized carbons (Fsp3) is 0.241. The zero-order valence-electron chi connectivity index (χ0n) is 21.2. The lowest BCUT2D eigenvalue weighted by molar-refractivity contribution is -0.659. The first-order valence-corrected chi connectivity index (χ1v) is 11.0. The van der Waals surface area contributed by atoms with Gasteiger partial charge in [0.2, 0.25) is 5.69 Å². The van der Waals surface area contributed by atoms with Crippen LogP contribution in [0.15, 0.2) is 77.5 Å². The van der Waals surface area contributed by atoms with Crippen molar-refractivity contribution in [1.82, 2.24) is 4.98 Å². The van der Waals surface area contributed by atoms with E-state index in [1.54, 1.807) is 6.20 Å². The number of hydrogen-bond donors (Lipinski definition) is 0. The molecule has 2 aromatic carbocycles. The molecule has 5 aromatic rings. The first-order valence-electron chi connectivity index (χ1n) is 12.0. The molecule has 0 radical (unpaired) electrons. The van der Waals surface area contributed by atoms with Gasteiger partial charge in [0, 0.05) is 25.8 Å². The minimum absolute atomic E-state index is 0.514. The Kier molecular flexibility index (Phi) is 4.31. The van der Waals surface area contributed by atoms with Crippen molar-refractivity contribution in [2.45, 2.75) is 34.1 Å². The zero-order valence-corrected chi connectivity index (χ0v) is 19.2. The van der Waals surface area contributed by atoms with Crippen LogP contribution in [-0.2, 0) is 13.4 Å². The van der Waals surface area contributed by atoms with Gasteiger partial charge in [-0.2, -0.15) is 0 Å². The summed E-state index contributed by atoms with van der Waals surface area (Å²) in [5.74, 6) is 0. The molecule has 32 heavy (non-hydrogen) atoms. The van der Waals surface area contributed by atoms with Crippen molar-refractivity contribution >= 4 is 21.9 Å². The van der Waals surface area contributed by atoms with Crippen LogP contribution in [0.3, 0.4) is 0 Å². The molecule has 0 unspecified atom stereocenters. The van der Waals surface area contributed by atoms with Gasteiger partial charge in [-0.1, -0.05) is 57.2 Å². The summed E-state index contributed by atoms with van der Waals surface area (Å²) in [5.41, 5.74) is 6.96. The lowest BCUT2D eigenvalue weighted by atomic mass is 9.89. The van der Waals surface area contributed by atoms with E-state index in [4.69, 9.17) is 7.16 Å². The largest absolute Gasteiger partial charge is 0.455 e. The zero-order chi connectivity index (χ0) is 24.3. The van der Waals surface area contributed by atoms with Gasteiger partial charge < -0.3 is 4.42 Å². The second-order valence-electron chi connectivity index (χ2n) is 9.45. The number of para-hydroxylation sites is 1. The molecular formula is C29H29N2O+. The van der Waals surface area contributed by atoms with Crippen LogP contribution in [0.2, 0.25) is 0 Å². The standard InChI is InChI=1S/C29H29N2O/c1-19-10-13-23-22-8-6-7-9-26(22)32-28(23)27(19)25-15-12-21(18-31(25)5)24-14-11-20(17-30-24)16-29(2,3)4/h6-15,17-18H,16H2,1-5H3/q+1/i16D2. The van der Waals surface area contributed by atoms with Gasteiger partial charge in [0.1, 0.15) is 18.2 Å². The molecule has 0 atom stereocenters. The summed E-state index contributed by atoms with van der Waals surface area (Å²) in [4.78, 5) is 4.60. The minimum atomic E-state index is -1.46. The Bertz CT molecular complexity index is 1530. The number of furan rings is 1. The van der Waals surface area contributed by atoms with E-state index in [0.717, 1.165) is 50.0 Å². The number of fused-ring (bicyclic) bond motifs is 3. The molecule has 0 aliphatic rings. The van der Waals surface area contributed by atoms with E-state index in [1.807, 2.05) is 58.2 Å². The van der Waals surface area contributed by atoms with Gasteiger partial charge in [-0.3, -0.25) is 4.98 Å². The number of benzene rings is 2. The van der Waals surface area contributed by atoms with Crippen molar-refractivity contribution in [3.8, 4) is 22.5 Å². The fourth-order valence-corrected chi connectivity index (χ4v) is 4.30. The highest BCUT2D eigenvalue weighted by Gasteiger charge is 2.21. The summed E-state index contributed by atoms with van der Waals surface area (Å²) in [6.45, 7) is 7.83. The van der Waals surface area contributed by atoms with Crippen molar-refractivity contribution in [3.05, 3.63) is 84.2 Å². The minimum Gasteiger partial charge on any atom is -0.455 e. The summed E-state index contributed by atoms with van der Waals surface area (Å²) in [5, 5.41) is 2.24. The predicted molar refractivity (Wildman–Crippen MR) is 131 cm³/mol. The third kappa shape index (κ3) is 3.69. The highest BCUT2D eigenvalue weighted by Crippen LogP contribution is 2.37. The molecule has 0 spiro atoms. The van der Waals surface area contributed by atoms with E-state index in [2.05, 4.69) is 53.0 Å². The van der Waals surface area contributed by atoms with Crippen molar-refractivity contribution < 1.29 is 11.7 Å². The normalized spacial score (nSPS) is 13.4. The highest BCUT2D eigenvalue weighted by molar-refractivity contribution is 6.09. The molecule has 0 aliphatic carbocycles. The van der Waals surface area contributed by atoms with Gasteiger partial charge in [-0.25, -0.2) is 4.57 Å². The summed E-state index contributed by atoms with van der Waals surface area (Å²) in [6, 6.07) is 20.3. The highest BCUT2D eigenvalue weighted by atomic mass is 16.3. The van der Waals surface area contributed by atoms with E-state index in [0.29, 0.717) is 5.56 Å². The average Bonchev–Trinajstić information content (AvgIpc) is 3.17. The summed E-state index contributed by atoms with van der Waals surface area (Å²) in [6.07, 6.45) is 2.26. The SMILES string of the molecule is [2H]C([2H])(c1ccc(-c2ccc(-c3c(C)ccc4c3oc3ccccc34)[n+](C)c2)nc1)C(C)(C)C. The van der Waals surface area contributed by atoms with Gasteiger partial charge in [0.15, 0.2) is 6.20 Å². The molecule has 3 aromatic heterocycles. The Morgan fingerprint density at radius 1 is 0.969 bits per heavy atom. The lowest BCUT2D eigenvalue weighted by Gasteiger charge is -2.17. The monoisotopic (exact) mass is 423 g/mol. The van der Waals surface area contributed by atoms with E-state index in [1.165, 1.54) is 0 Å². The first kappa shape index (κ1) is 18.1. The second kappa shape index (κ2) is 7.59. The molecule has 0 amide bonds. The number of aromatic nitrogens is 2. The Morgan fingerprint density at radius 2 is 1.78 bits per heavy atom. The topological polar surface area (TPSA) is 29.9 Å². The van der Waals surface area contributed by atoms with Gasteiger partial charge in [-0.05, 0) is 48.0 Å². The molecule has 3 heteroatoms. The maximum atomic E-state index is 8.49. The molecule has 0 fully saturated rings. The Morgan fingerprint density at radius 3 is 2.50 bits per heavy atom. The third-order valence-electron chi connectivity index (χ3n) is 5.72. The average molecular weight is 424 g/mol. The fourth-order valence-electron chi connectivity index (χ4n) is 4.30. The number of hydrogen-bond acceptors (Lipinski definition) is 2. The number of pyridine rings is 2. The van der Waals surface area contributed by atoms with Crippen LogP contribution in [0, 0.1) is 12.3 Å². The van der Waals surface area contributed by atoms with Crippen molar-refractivity contribution in [1.29, 1.82) is 0 Å². The molecule has 0 N–H and O–H groups in total. The van der Waals surface area contributed by atoms with Crippen LogP contribution in [0.1, 0.15) is 34.6 Å². The van der Waals surface area contributed by atoms with E-state index < -0.39 is 11.8 Å². The Labute approximate surface area is 192 Å². The molecule has 3 nitrogen and oxygen atoms in total. The number of nitrogens with zero attached hydrogens (tertiary/aromatic N) is 2. The van der Waals surface area contributed by atoms with Crippen LogP contribution in [-0.4, -0.2) is 4.98 Å². The molecular weight excluding hydrogens is 392 g/mol. The predicted octanol–water partition coefficient (Wildman–Crippen LogP) is 7.04. The van der Waals surface area contributed by atoms with Crippen LogP contribution < -0.4 is 4.57 Å². The molecule has 0 bridgehead atoms. The number of aryl methyl sites for hydroxylation is 2. The maximum absolute atomic E-state index is 8.49. The summed E-state index contributed by atoms with van der Waals surface area (Å²) in [7, 11) is 2.03. The Balaban J connectivity index is 1.57. The molecule has 0 aliphatic heterocycles. The van der Waals surface area contributed by atoms with Crippen LogP contribution in [0.4, 0.5) is 0 Å². The summed E-state index contributed by atoms with van der Waals surface area (Å²) < 4.78 is 25.4. The van der Waals surface area contributed by atoms with Crippen molar-refractivity contribution in [3.63, 3.8) is 0 Å². The lowest BCUT2D eigenvalue weighted by Crippen LogP contribution is -2.31. The summed E-state index contributed by atoms with van der Waals surface area (Å²) >= 11 is 0. The Hall–Kier alpha value is -3.46. The molecule has 160 valence electrons. The molecule has 0 saturated carbocycles. The van der Waals surface area contributed by atoms with Gasteiger partial charge in [-0.15, -0.1) is 0 Å². The molecule has 5 rings (SSSR count).